The lowest BCUT2D eigenvalue weighted by Gasteiger charge is -2.15. The van der Waals surface area contributed by atoms with E-state index in [4.69, 9.17) is 0 Å². The molecule has 0 atom stereocenters. The number of benzene rings is 1. The number of nitrogens with zero attached hydrogens (tertiary/aromatic N) is 5. The van der Waals surface area contributed by atoms with Crippen LogP contribution in [0.1, 0.15) is 34.2 Å². The molecule has 0 fully saturated rings. The lowest BCUT2D eigenvalue weighted by molar-refractivity contribution is 0.102. The zero-order valence-corrected chi connectivity index (χ0v) is 20.0. The Bertz CT molecular complexity index is 1410. The molecule has 0 unspecified atom stereocenters. The fourth-order valence-corrected chi connectivity index (χ4v) is 3.52. The molecule has 0 radical (unpaired) electrons. The number of amides is 1. The minimum absolute atomic E-state index is 0.00264. The third-order valence-corrected chi connectivity index (χ3v) is 5.80. The van der Waals surface area contributed by atoms with Gasteiger partial charge in [0.15, 0.2) is 0 Å². The molecule has 1 aromatic carbocycles. The number of carbonyl (C=O) groups is 1. The van der Waals surface area contributed by atoms with E-state index in [1.165, 1.54) is 24.4 Å². The molecular formula is C25H26FN7O2. The van der Waals surface area contributed by atoms with Gasteiger partial charge in [-0.3, -0.25) is 14.3 Å². The van der Waals surface area contributed by atoms with Crippen molar-refractivity contribution in [2.24, 2.45) is 7.05 Å². The Hall–Kier alpha value is -4.34. The standard InChI is InChI=1S/C25H26FN7O2/c1-5-32(3)23-9-7-17(14-27-23)24(34)28-22-12-16(6-8-20(22)26)21-13-18(25(35)30-29-21)11-19-10-15(2)33(4)31-19/h6-10,12-14H,5,11H2,1-4H3,(H,28,34)(H,30,35). The van der Waals surface area contributed by atoms with Gasteiger partial charge in [0.05, 0.1) is 22.6 Å². The Kier molecular flexibility index (Phi) is 6.72. The molecule has 1 amide bonds. The summed E-state index contributed by atoms with van der Waals surface area (Å²) in [5, 5.41) is 13.6. The zero-order valence-electron chi connectivity index (χ0n) is 20.0. The monoisotopic (exact) mass is 475 g/mol. The summed E-state index contributed by atoms with van der Waals surface area (Å²) in [6.07, 6.45) is 1.78. The molecule has 0 bridgehead atoms. The summed E-state index contributed by atoms with van der Waals surface area (Å²) in [5.41, 5.74) is 3.17. The minimum atomic E-state index is -0.592. The maximum atomic E-state index is 14.5. The Balaban J connectivity index is 1.57. The van der Waals surface area contributed by atoms with E-state index in [2.05, 4.69) is 25.6 Å². The van der Waals surface area contributed by atoms with Crippen molar-refractivity contribution >= 4 is 17.4 Å². The summed E-state index contributed by atoms with van der Waals surface area (Å²) >= 11 is 0. The first kappa shape index (κ1) is 23.8. The van der Waals surface area contributed by atoms with Crippen molar-refractivity contribution in [3.05, 3.63) is 87.3 Å². The minimum Gasteiger partial charge on any atom is -0.360 e. The largest absolute Gasteiger partial charge is 0.360 e. The summed E-state index contributed by atoms with van der Waals surface area (Å²) in [5.74, 6) is -0.344. The maximum Gasteiger partial charge on any atom is 0.267 e. The molecule has 3 heterocycles. The van der Waals surface area contributed by atoms with Crippen LogP contribution in [0.3, 0.4) is 0 Å². The van der Waals surface area contributed by atoms with Crippen LogP contribution < -0.4 is 15.8 Å². The number of anilines is 2. The van der Waals surface area contributed by atoms with Crippen LogP contribution in [0.5, 0.6) is 0 Å². The number of hydrogen-bond donors (Lipinski definition) is 2. The topological polar surface area (TPSA) is 109 Å². The van der Waals surface area contributed by atoms with Crippen LogP contribution in [0, 0.1) is 12.7 Å². The second kappa shape index (κ2) is 9.88. The molecule has 0 saturated heterocycles. The molecule has 0 spiro atoms. The van der Waals surface area contributed by atoms with E-state index >= 15 is 0 Å². The van der Waals surface area contributed by atoms with E-state index in [0.717, 1.165) is 23.8 Å². The first-order chi connectivity index (χ1) is 16.7. The Labute approximate surface area is 201 Å². The second-order valence-electron chi connectivity index (χ2n) is 8.25. The first-order valence-electron chi connectivity index (χ1n) is 11.1. The van der Waals surface area contributed by atoms with Crippen LogP contribution in [0.2, 0.25) is 0 Å². The van der Waals surface area contributed by atoms with E-state index in [1.54, 1.807) is 22.9 Å². The lowest BCUT2D eigenvalue weighted by Crippen LogP contribution is -2.18. The van der Waals surface area contributed by atoms with Crippen molar-refractivity contribution in [3.8, 4) is 11.3 Å². The normalized spacial score (nSPS) is 10.9. The van der Waals surface area contributed by atoms with Gasteiger partial charge in [0.2, 0.25) is 0 Å². The van der Waals surface area contributed by atoms with Gasteiger partial charge in [0, 0.05) is 50.1 Å². The van der Waals surface area contributed by atoms with Crippen LogP contribution in [-0.2, 0) is 13.5 Å². The quantitative estimate of drug-likeness (QED) is 0.425. The molecule has 0 aliphatic heterocycles. The van der Waals surface area contributed by atoms with Gasteiger partial charge in [0.25, 0.3) is 11.5 Å². The van der Waals surface area contributed by atoms with Gasteiger partial charge in [-0.2, -0.15) is 10.2 Å². The van der Waals surface area contributed by atoms with E-state index in [0.29, 0.717) is 28.8 Å². The molecule has 9 nitrogen and oxygen atoms in total. The van der Waals surface area contributed by atoms with Crippen LogP contribution in [0.4, 0.5) is 15.9 Å². The van der Waals surface area contributed by atoms with Crippen LogP contribution in [0.25, 0.3) is 11.3 Å². The van der Waals surface area contributed by atoms with Gasteiger partial charge in [-0.1, -0.05) is 0 Å². The molecule has 10 heteroatoms. The fourth-order valence-electron chi connectivity index (χ4n) is 3.52. The van der Waals surface area contributed by atoms with E-state index in [-0.39, 0.29) is 11.2 Å². The average molecular weight is 476 g/mol. The highest BCUT2D eigenvalue weighted by Gasteiger charge is 2.14. The zero-order chi connectivity index (χ0) is 25.1. The molecule has 180 valence electrons. The van der Waals surface area contributed by atoms with Crippen molar-refractivity contribution in [3.63, 3.8) is 0 Å². The number of aryl methyl sites for hydroxylation is 2. The lowest BCUT2D eigenvalue weighted by atomic mass is 10.1. The van der Waals surface area contributed by atoms with Gasteiger partial charge in [-0.05, 0) is 56.3 Å². The summed E-state index contributed by atoms with van der Waals surface area (Å²) in [6.45, 7) is 4.71. The number of rotatable bonds is 7. The third-order valence-electron chi connectivity index (χ3n) is 5.80. The Morgan fingerprint density at radius 2 is 2.00 bits per heavy atom. The van der Waals surface area contributed by atoms with Crippen molar-refractivity contribution in [1.82, 2.24) is 25.0 Å². The fraction of sp³-hybridized carbons (Fsp3) is 0.240. The highest BCUT2D eigenvalue weighted by Crippen LogP contribution is 2.24. The van der Waals surface area contributed by atoms with Crippen LogP contribution in [-0.4, -0.2) is 44.5 Å². The van der Waals surface area contributed by atoms with Gasteiger partial charge in [-0.15, -0.1) is 0 Å². The molecular weight excluding hydrogens is 449 g/mol. The Morgan fingerprint density at radius 3 is 2.66 bits per heavy atom. The van der Waals surface area contributed by atoms with E-state index in [9.17, 15) is 14.0 Å². The predicted molar refractivity (Wildman–Crippen MR) is 132 cm³/mol. The number of hydrogen-bond acceptors (Lipinski definition) is 6. The summed E-state index contributed by atoms with van der Waals surface area (Å²) in [7, 11) is 3.74. The molecule has 0 saturated carbocycles. The molecule has 0 aliphatic rings. The maximum absolute atomic E-state index is 14.5. The summed E-state index contributed by atoms with van der Waals surface area (Å²) in [6, 6.07) is 11.2. The highest BCUT2D eigenvalue weighted by molar-refractivity contribution is 6.04. The van der Waals surface area contributed by atoms with Crippen molar-refractivity contribution in [2.45, 2.75) is 20.3 Å². The molecule has 4 aromatic rings. The second-order valence-corrected chi connectivity index (χ2v) is 8.25. The van der Waals surface area contributed by atoms with Crippen molar-refractivity contribution < 1.29 is 9.18 Å². The van der Waals surface area contributed by atoms with Crippen molar-refractivity contribution in [2.75, 3.05) is 23.8 Å². The van der Waals surface area contributed by atoms with Gasteiger partial charge in [-0.25, -0.2) is 14.5 Å². The van der Waals surface area contributed by atoms with Gasteiger partial charge >= 0.3 is 0 Å². The van der Waals surface area contributed by atoms with Crippen molar-refractivity contribution in [1.29, 1.82) is 0 Å². The predicted octanol–water partition coefficient (Wildman–Crippen LogP) is 3.31. The van der Waals surface area contributed by atoms with Crippen LogP contribution >= 0.6 is 0 Å². The van der Waals surface area contributed by atoms with Gasteiger partial charge < -0.3 is 10.2 Å². The SMILES string of the molecule is CCN(C)c1ccc(C(=O)Nc2cc(-c3cc(Cc4cc(C)n(C)n4)c(=O)[nH]n3)ccc2F)cn1. The summed E-state index contributed by atoms with van der Waals surface area (Å²) in [4.78, 5) is 31.2. The first-order valence-corrected chi connectivity index (χ1v) is 11.1. The third kappa shape index (κ3) is 5.26. The number of halogens is 1. The number of pyridine rings is 1. The summed E-state index contributed by atoms with van der Waals surface area (Å²) < 4.78 is 16.3. The molecule has 0 aliphatic carbocycles. The number of aromatic amines is 1. The molecule has 2 N–H and O–H groups in total. The molecule has 35 heavy (non-hydrogen) atoms. The smallest absolute Gasteiger partial charge is 0.267 e. The van der Waals surface area contributed by atoms with E-state index in [1.807, 2.05) is 38.9 Å². The number of H-pyrrole nitrogens is 1. The van der Waals surface area contributed by atoms with E-state index < -0.39 is 11.7 Å². The van der Waals surface area contributed by atoms with Crippen LogP contribution in [0.15, 0.2) is 53.5 Å². The number of carbonyl (C=O) groups excluding carboxylic acids is 1. The molecule has 3 aromatic heterocycles. The van der Waals surface area contributed by atoms with Gasteiger partial charge in [0.1, 0.15) is 11.6 Å². The molecule has 4 rings (SSSR count). The highest BCUT2D eigenvalue weighted by atomic mass is 19.1. The average Bonchev–Trinajstić information content (AvgIpc) is 3.17. The number of aromatic nitrogens is 5. The Morgan fingerprint density at radius 1 is 1.20 bits per heavy atom. The number of nitrogens with one attached hydrogen (secondary N) is 2.